The Morgan fingerprint density at radius 3 is 0.730 bits per heavy atom. The fraction of sp³-hybridized carbons (Fsp3) is 0.942. The largest absolute Gasteiger partial charge is 0.462 e. The summed E-state index contributed by atoms with van der Waals surface area (Å²) in [5, 5.41) is 9.69. The maximum absolute atomic E-state index is 12.4. The van der Waals surface area contributed by atoms with Crippen molar-refractivity contribution in [2.24, 2.45) is 0 Å². The van der Waals surface area contributed by atoms with E-state index < -0.39 is 6.10 Å². The van der Waals surface area contributed by atoms with Crippen molar-refractivity contribution in [1.29, 1.82) is 0 Å². The van der Waals surface area contributed by atoms with Gasteiger partial charge in [-0.2, -0.15) is 0 Å². The molecule has 0 aromatic rings. The normalized spacial score (nSPS) is 12.1. The Hall–Kier alpha value is -1.36. The SMILES string of the molecule is CCCCCCCCCC/C=C\CCCCCCCCCCCCCCCCCCCCCCCCCC(=O)OC(CO)COC(=O)CCCCCCCCCCCCCCCCCCCCCCCCCCC. The third-order valence-electron chi connectivity index (χ3n) is 16.1. The van der Waals surface area contributed by atoms with Gasteiger partial charge in [-0.05, 0) is 38.5 Å². The van der Waals surface area contributed by atoms with Crippen molar-refractivity contribution < 1.29 is 24.2 Å². The van der Waals surface area contributed by atoms with Crippen LogP contribution in [0.1, 0.15) is 399 Å². The Morgan fingerprint density at radius 2 is 0.500 bits per heavy atom. The number of carbonyl (C=O) groups is 2. The molecule has 0 rings (SSSR count). The first-order valence-corrected chi connectivity index (χ1v) is 34.2. The first-order valence-electron chi connectivity index (χ1n) is 34.2. The lowest BCUT2D eigenvalue weighted by atomic mass is 10.0. The predicted molar refractivity (Wildman–Crippen MR) is 325 cm³/mol. The van der Waals surface area contributed by atoms with E-state index >= 15 is 0 Å². The number of unbranched alkanes of at least 4 members (excludes halogenated alkanes) is 55. The van der Waals surface area contributed by atoms with Gasteiger partial charge in [0.1, 0.15) is 6.61 Å². The maximum atomic E-state index is 12.4. The fourth-order valence-electron chi connectivity index (χ4n) is 10.9. The molecule has 0 aromatic heterocycles. The van der Waals surface area contributed by atoms with Gasteiger partial charge < -0.3 is 14.6 Å². The van der Waals surface area contributed by atoms with Crippen LogP contribution in [0.5, 0.6) is 0 Å². The van der Waals surface area contributed by atoms with E-state index in [0.29, 0.717) is 12.8 Å². The molecule has 5 nitrogen and oxygen atoms in total. The van der Waals surface area contributed by atoms with Crippen LogP contribution in [0.3, 0.4) is 0 Å². The van der Waals surface area contributed by atoms with Crippen molar-refractivity contribution in [2.75, 3.05) is 13.2 Å². The van der Waals surface area contributed by atoms with E-state index in [-0.39, 0.29) is 25.2 Å². The lowest BCUT2D eigenvalue weighted by Crippen LogP contribution is -2.28. The van der Waals surface area contributed by atoms with Gasteiger partial charge in [-0.1, -0.05) is 360 Å². The number of hydrogen-bond acceptors (Lipinski definition) is 5. The van der Waals surface area contributed by atoms with Gasteiger partial charge in [0.2, 0.25) is 0 Å². The molecule has 0 fully saturated rings. The number of esters is 2. The summed E-state index contributed by atoms with van der Waals surface area (Å²) in [6, 6.07) is 0. The topological polar surface area (TPSA) is 72.8 Å². The second kappa shape index (κ2) is 65.9. The molecule has 440 valence electrons. The molecule has 74 heavy (non-hydrogen) atoms. The smallest absolute Gasteiger partial charge is 0.306 e. The summed E-state index contributed by atoms with van der Waals surface area (Å²) in [7, 11) is 0. The second-order valence-electron chi connectivity index (χ2n) is 23.6. The van der Waals surface area contributed by atoms with Crippen molar-refractivity contribution in [1.82, 2.24) is 0 Å². The minimum atomic E-state index is -0.766. The van der Waals surface area contributed by atoms with Gasteiger partial charge in [-0.15, -0.1) is 0 Å². The van der Waals surface area contributed by atoms with Gasteiger partial charge in [0, 0.05) is 12.8 Å². The molecule has 0 bridgehead atoms. The number of aliphatic hydroxyl groups is 1. The summed E-state index contributed by atoms with van der Waals surface area (Å²) < 4.78 is 10.8. The van der Waals surface area contributed by atoms with E-state index in [0.717, 1.165) is 32.1 Å². The van der Waals surface area contributed by atoms with Gasteiger partial charge in [-0.3, -0.25) is 9.59 Å². The molecule has 0 aromatic carbocycles. The molecule has 0 radical (unpaired) electrons. The molecule has 0 saturated heterocycles. The van der Waals surface area contributed by atoms with Crippen LogP contribution in [0.25, 0.3) is 0 Å². The summed E-state index contributed by atoms with van der Waals surface area (Å²) in [5.41, 5.74) is 0. The van der Waals surface area contributed by atoms with Crippen molar-refractivity contribution >= 4 is 11.9 Å². The fourth-order valence-corrected chi connectivity index (χ4v) is 10.9. The third kappa shape index (κ3) is 63.2. The molecular weight excluding hydrogens is 909 g/mol. The Labute approximate surface area is 464 Å². The van der Waals surface area contributed by atoms with E-state index in [9.17, 15) is 14.7 Å². The Morgan fingerprint density at radius 1 is 0.297 bits per heavy atom. The average Bonchev–Trinajstić information content (AvgIpc) is 3.40. The summed E-state index contributed by atoms with van der Waals surface area (Å²) in [6.07, 6.45) is 83.9. The Kier molecular flexibility index (Phi) is 64.7. The first-order chi connectivity index (χ1) is 36.6. The van der Waals surface area contributed by atoms with Crippen LogP contribution in [0.15, 0.2) is 12.2 Å². The molecule has 0 heterocycles. The molecule has 1 unspecified atom stereocenters. The molecule has 5 heteroatoms. The van der Waals surface area contributed by atoms with E-state index in [2.05, 4.69) is 26.0 Å². The summed E-state index contributed by atoms with van der Waals surface area (Å²) in [4.78, 5) is 24.6. The summed E-state index contributed by atoms with van der Waals surface area (Å²) >= 11 is 0. The summed E-state index contributed by atoms with van der Waals surface area (Å²) in [5.74, 6) is -0.561. The molecule has 0 spiro atoms. The standard InChI is InChI=1S/C69H134O5/c1-3-5-7-9-11-13-15-17-19-21-23-25-27-29-30-31-32-33-34-35-36-37-38-40-42-44-46-48-50-52-54-56-58-60-62-64-69(72)74-67(65-70)66-73-68(71)63-61-59-57-55-53-51-49-47-45-43-41-39-28-26-24-22-20-18-16-14-12-10-8-6-4-2/h21,23,67,70H,3-20,22,24-66H2,1-2H3/b23-21-. The lowest BCUT2D eigenvalue weighted by Gasteiger charge is -2.15. The number of carbonyl (C=O) groups excluding carboxylic acids is 2. The molecule has 1 N–H and O–H groups in total. The highest BCUT2D eigenvalue weighted by Crippen LogP contribution is 2.19. The average molecular weight is 1040 g/mol. The molecular formula is C69H134O5. The monoisotopic (exact) mass is 1040 g/mol. The van der Waals surface area contributed by atoms with Crippen LogP contribution >= 0.6 is 0 Å². The van der Waals surface area contributed by atoms with Crippen LogP contribution in [0.4, 0.5) is 0 Å². The lowest BCUT2D eigenvalue weighted by molar-refractivity contribution is -0.161. The maximum Gasteiger partial charge on any atom is 0.306 e. The van der Waals surface area contributed by atoms with Crippen molar-refractivity contribution in [3.05, 3.63) is 12.2 Å². The van der Waals surface area contributed by atoms with Gasteiger partial charge in [0.15, 0.2) is 6.10 Å². The Balaban J connectivity index is 3.36. The zero-order valence-corrected chi connectivity index (χ0v) is 50.7. The molecule has 1 atom stereocenters. The zero-order chi connectivity index (χ0) is 53.4. The number of rotatable bonds is 65. The number of aliphatic hydroxyl groups excluding tert-OH is 1. The third-order valence-corrected chi connectivity index (χ3v) is 16.1. The first kappa shape index (κ1) is 72.6. The highest BCUT2D eigenvalue weighted by atomic mass is 16.6. The van der Waals surface area contributed by atoms with E-state index in [4.69, 9.17) is 9.47 Å². The predicted octanol–water partition coefficient (Wildman–Crippen LogP) is 23.4. The van der Waals surface area contributed by atoms with Crippen LogP contribution in [-0.2, 0) is 19.1 Å². The van der Waals surface area contributed by atoms with Crippen LogP contribution in [0.2, 0.25) is 0 Å². The van der Waals surface area contributed by atoms with E-state index in [1.807, 2.05) is 0 Å². The molecule has 0 amide bonds. The van der Waals surface area contributed by atoms with Gasteiger partial charge in [0.05, 0.1) is 6.61 Å². The number of allylic oxidation sites excluding steroid dienone is 2. The van der Waals surface area contributed by atoms with Crippen LogP contribution in [-0.4, -0.2) is 36.4 Å². The van der Waals surface area contributed by atoms with Gasteiger partial charge >= 0.3 is 11.9 Å². The van der Waals surface area contributed by atoms with E-state index in [1.54, 1.807) is 0 Å². The second-order valence-corrected chi connectivity index (χ2v) is 23.6. The van der Waals surface area contributed by atoms with Gasteiger partial charge in [0.25, 0.3) is 0 Å². The van der Waals surface area contributed by atoms with Crippen molar-refractivity contribution in [2.45, 2.75) is 405 Å². The van der Waals surface area contributed by atoms with Crippen LogP contribution in [0, 0.1) is 0 Å². The van der Waals surface area contributed by atoms with Crippen LogP contribution < -0.4 is 0 Å². The Bertz CT molecular complexity index is 1090. The number of hydrogen-bond donors (Lipinski definition) is 1. The molecule has 0 aliphatic rings. The molecule has 0 saturated carbocycles. The minimum Gasteiger partial charge on any atom is -0.462 e. The number of ether oxygens (including phenoxy) is 2. The zero-order valence-electron chi connectivity index (χ0n) is 50.7. The molecule has 0 aliphatic carbocycles. The van der Waals surface area contributed by atoms with Crippen molar-refractivity contribution in [3.63, 3.8) is 0 Å². The molecule has 0 aliphatic heterocycles. The highest BCUT2D eigenvalue weighted by molar-refractivity contribution is 5.70. The van der Waals surface area contributed by atoms with Crippen molar-refractivity contribution in [3.8, 4) is 0 Å². The minimum absolute atomic E-state index is 0.0564. The highest BCUT2D eigenvalue weighted by Gasteiger charge is 2.16. The van der Waals surface area contributed by atoms with E-state index in [1.165, 1.54) is 340 Å². The summed E-state index contributed by atoms with van der Waals surface area (Å²) in [6.45, 7) is 4.22. The van der Waals surface area contributed by atoms with Gasteiger partial charge in [-0.25, -0.2) is 0 Å². The quantitative estimate of drug-likeness (QED) is 0.0373.